The summed E-state index contributed by atoms with van der Waals surface area (Å²) in [7, 11) is 0. The highest BCUT2D eigenvalue weighted by molar-refractivity contribution is 5.85. The number of rotatable bonds is 8. The van der Waals surface area contributed by atoms with Gasteiger partial charge in [-0.2, -0.15) is 0 Å². The van der Waals surface area contributed by atoms with Crippen LogP contribution < -0.4 is 15.8 Å². The molecule has 1 aliphatic rings. The van der Waals surface area contributed by atoms with Gasteiger partial charge in [-0.25, -0.2) is 0 Å². The Labute approximate surface area is 126 Å². The molecule has 2 rings (SSSR count). The van der Waals surface area contributed by atoms with E-state index < -0.39 is 0 Å². The largest absolute Gasteiger partial charge is 0.493 e. The Morgan fingerprint density at radius 3 is 2.80 bits per heavy atom. The standard InChI is InChI=1S/C15H22N2O2.ClH/c16-9-3-6-15(18)17-10-13-4-1-2-5-14(13)19-11-12-7-8-12;/h1-2,4-5,12H,3,6-11,16H2,(H,17,18);1H. The number of nitrogens with one attached hydrogen (secondary N) is 1. The van der Waals surface area contributed by atoms with Gasteiger partial charge in [0.15, 0.2) is 0 Å². The zero-order chi connectivity index (χ0) is 13.5. The molecule has 1 fully saturated rings. The van der Waals surface area contributed by atoms with Crippen molar-refractivity contribution in [1.29, 1.82) is 0 Å². The van der Waals surface area contributed by atoms with Crippen molar-refractivity contribution in [3.63, 3.8) is 0 Å². The van der Waals surface area contributed by atoms with Gasteiger partial charge in [-0.3, -0.25) is 4.79 Å². The SMILES string of the molecule is Cl.NCCCC(=O)NCc1ccccc1OCC1CC1. The maximum absolute atomic E-state index is 11.6. The topological polar surface area (TPSA) is 64.4 Å². The molecule has 20 heavy (non-hydrogen) atoms. The van der Waals surface area contributed by atoms with E-state index >= 15 is 0 Å². The number of benzene rings is 1. The Kier molecular flexibility index (Phi) is 7.41. The average Bonchev–Trinajstić information content (AvgIpc) is 3.25. The van der Waals surface area contributed by atoms with Crippen LogP contribution in [0.2, 0.25) is 0 Å². The fourth-order valence-electron chi connectivity index (χ4n) is 1.83. The third-order valence-corrected chi connectivity index (χ3v) is 3.23. The van der Waals surface area contributed by atoms with Gasteiger partial charge in [0, 0.05) is 18.5 Å². The van der Waals surface area contributed by atoms with E-state index in [1.54, 1.807) is 0 Å². The number of carbonyl (C=O) groups is 1. The molecule has 0 aliphatic heterocycles. The molecular formula is C15H23ClN2O2. The zero-order valence-electron chi connectivity index (χ0n) is 11.6. The second-order valence-corrected chi connectivity index (χ2v) is 5.03. The molecule has 5 heteroatoms. The monoisotopic (exact) mass is 298 g/mol. The minimum absolute atomic E-state index is 0. The molecule has 0 unspecified atom stereocenters. The first-order valence-corrected chi connectivity index (χ1v) is 6.97. The summed E-state index contributed by atoms with van der Waals surface area (Å²) in [4.78, 5) is 11.6. The van der Waals surface area contributed by atoms with Crippen LogP contribution in [0.15, 0.2) is 24.3 Å². The van der Waals surface area contributed by atoms with Crippen molar-refractivity contribution < 1.29 is 9.53 Å². The Hall–Kier alpha value is -1.26. The number of amides is 1. The molecule has 0 spiro atoms. The van der Waals surface area contributed by atoms with E-state index in [4.69, 9.17) is 10.5 Å². The van der Waals surface area contributed by atoms with Crippen molar-refractivity contribution in [3.05, 3.63) is 29.8 Å². The third-order valence-electron chi connectivity index (χ3n) is 3.23. The predicted molar refractivity (Wildman–Crippen MR) is 82.0 cm³/mol. The van der Waals surface area contributed by atoms with Crippen LogP contribution in [-0.2, 0) is 11.3 Å². The smallest absolute Gasteiger partial charge is 0.220 e. The summed E-state index contributed by atoms with van der Waals surface area (Å²) < 4.78 is 5.80. The van der Waals surface area contributed by atoms with Gasteiger partial charge in [-0.15, -0.1) is 12.4 Å². The summed E-state index contributed by atoms with van der Waals surface area (Å²) >= 11 is 0. The fourth-order valence-corrected chi connectivity index (χ4v) is 1.83. The van der Waals surface area contributed by atoms with E-state index in [0.29, 0.717) is 19.5 Å². The molecule has 0 saturated heterocycles. The molecule has 0 radical (unpaired) electrons. The Bertz CT molecular complexity index is 422. The van der Waals surface area contributed by atoms with E-state index in [-0.39, 0.29) is 18.3 Å². The van der Waals surface area contributed by atoms with E-state index in [9.17, 15) is 4.79 Å². The van der Waals surface area contributed by atoms with Crippen LogP contribution in [0.4, 0.5) is 0 Å². The minimum atomic E-state index is 0. The molecule has 0 bridgehead atoms. The van der Waals surface area contributed by atoms with Crippen LogP contribution in [0, 0.1) is 5.92 Å². The van der Waals surface area contributed by atoms with E-state index in [2.05, 4.69) is 5.32 Å². The van der Waals surface area contributed by atoms with Crippen molar-refractivity contribution >= 4 is 18.3 Å². The highest BCUT2D eigenvalue weighted by Gasteiger charge is 2.22. The number of carbonyl (C=O) groups excluding carboxylic acids is 1. The number of hydrogen-bond donors (Lipinski definition) is 2. The number of para-hydroxylation sites is 1. The van der Waals surface area contributed by atoms with Crippen molar-refractivity contribution in [2.24, 2.45) is 11.7 Å². The first-order valence-electron chi connectivity index (χ1n) is 6.97. The average molecular weight is 299 g/mol. The molecule has 3 N–H and O–H groups in total. The summed E-state index contributed by atoms with van der Waals surface area (Å²) in [6, 6.07) is 7.88. The lowest BCUT2D eigenvalue weighted by Crippen LogP contribution is -2.23. The van der Waals surface area contributed by atoms with E-state index in [1.807, 2.05) is 24.3 Å². The van der Waals surface area contributed by atoms with Crippen molar-refractivity contribution in [1.82, 2.24) is 5.32 Å². The molecule has 4 nitrogen and oxygen atoms in total. The van der Waals surface area contributed by atoms with Gasteiger partial charge in [0.2, 0.25) is 5.91 Å². The fraction of sp³-hybridized carbons (Fsp3) is 0.533. The van der Waals surface area contributed by atoms with Crippen molar-refractivity contribution in [2.45, 2.75) is 32.2 Å². The lowest BCUT2D eigenvalue weighted by molar-refractivity contribution is -0.121. The maximum atomic E-state index is 11.6. The summed E-state index contributed by atoms with van der Waals surface area (Å²) in [5, 5.41) is 2.90. The van der Waals surface area contributed by atoms with E-state index in [1.165, 1.54) is 12.8 Å². The first-order chi connectivity index (χ1) is 9.29. The van der Waals surface area contributed by atoms with Gasteiger partial charge in [-0.05, 0) is 37.8 Å². The van der Waals surface area contributed by atoms with Crippen LogP contribution >= 0.6 is 12.4 Å². The molecule has 1 amide bonds. The molecule has 0 heterocycles. The molecule has 112 valence electrons. The third kappa shape index (κ3) is 5.80. The second-order valence-electron chi connectivity index (χ2n) is 5.03. The number of nitrogens with two attached hydrogens (primary N) is 1. The molecule has 0 atom stereocenters. The zero-order valence-corrected chi connectivity index (χ0v) is 12.5. The van der Waals surface area contributed by atoms with Crippen LogP contribution in [-0.4, -0.2) is 19.1 Å². The van der Waals surface area contributed by atoms with Crippen LogP contribution in [0.5, 0.6) is 5.75 Å². The van der Waals surface area contributed by atoms with Gasteiger partial charge in [-0.1, -0.05) is 18.2 Å². The summed E-state index contributed by atoms with van der Waals surface area (Å²) in [5.74, 6) is 1.66. The van der Waals surface area contributed by atoms with Crippen molar-refractivity contribution in [3.8, 4) is 5.75 Å². The predicted octanol–water partition coefficient (Wildman–Crippen LogP) is 2.25. The second kappa shape index (κ2) is 8.82. The maximum Gasteiger partial charge on any atom is 0.220 e. The quantitative estimate of drug-likeness (QED) is 0.774. The number of ether oxygens (including phenoxy) is 1. The van der Waals surface area contributed by atoms with Gasteiger partial charge >= 0.3 is 0 Å². The van der Waals surface area contributed by atoms with Crippen LogP contribution in [0.25, 0.3) is 0 Å². The molecule has 1 aliphatic carbocycles. The lowest BCUT2D eigenvalue weighted by atomic mass is 10.2. The molecule has 1 saturated carbocycles. The van der Waals surface area contributed by atoms with Gasteiger partial charge in [0.1, 0.15) is 5.75 Å². The molecule has 1 aromatic rings. The summed E-state index contributed by atoms with van der Waals surface area (Å²) in [6.45, 7) is 1.86. The Morgan fingerprint density at radius 2 is 2.10 bits per heavy atom. The first kappa shape index (κ1) is 16.8. The highest BCUT2D eigenvalue weighted by atomic mass is 35.5. The van der Waals surface area contributed by atoms with Crippen molar-refractivity contribution in [2.75, 3.05) is 13.2 Å². The normalized spacial score (nSPS) is 13.4. The summed E-state index contributed by atoms with van der Waals surface area (Å²) in [6.07, 6.45) is 3.77. The Morgan fingerprint density at radius 1 is 1.35 bits per heavy atom. The van der Waals surface area contributed by atoms with E-state index in [0.717, 1.165) is 30.3 Å². The minimum Gasteiger partial charge on any atom is -0.493 e. The summed E-state index contributed by atoms with van der Waals surface area (Å²) in [5.41, 5.74) is 6.41. The van der Waals surface area contributed by atoms with Gasteiger partial charge < -0.3 is 15.8 Å². The molecular weight excluding hydrogens is 276 g/mol. The van der Waals surface area contributed by atoms with Gasteiger partial charge in [0.25, 0.3) is 0 Å². The number of halogens is 1. The molecule has 1 aromatic carbocycles. The van der Waals surface area contributed by atoms with Gasteiger partial charge in [0.05, 0.1) is 6.61 Å². The lowest BCUT2D eigenvalue weighted by Gasteiger charge is -2.12. The highest BCUT2D eigenvalue weighted by Crippen LogP contribution is 2.30. The van der Waals surface area contributed by atoms with Crippen LogP contribution in [0.3, 0.4) is 0 Å². The number of hydrogen-bond acceptors (Lipinski definition) is 3. The molecule has 0 aromatic heterocycles. The van der Waals surface area contributed by atoms with Crippen LogP contribution in [0.1, 0.15) is 31.2 Å². The Balaban J connectivity index is 0.00000200.